The maximum Gasteiger partial charge on any atom is 0.255 e. The lowest BCUT2D eigenvalue weighted by Gasteiger charge is -2.27. The lowest BCUT2D eigenvalue weighted by Crippen LogP contribution is -2.32. The summed E-state index contributed by atoms with van der Waals surface area (Å²) in [7, 11) is 0. The molecule has 0 spiro atoms. The summed E-state index contributed by atoms with van der Waals surface area (Å²) < 4.78 is 16.5. The summed E-state index contributed by atoms with van der Waals surface area (Å²) in [5, 5.41) is 2.43. The van der Waals surface area contributed by atoms with Crippen LogP contribution in [0.2, 0.25) is 0 Å². The molecule has 2 heterocycles. The fourth-order valence-electron chi connectivity index (χ4n) is 2.33. The molecule has 2 aliphatic heterocycles. The molecular formula is C14H16ClNO4. The Morgan fingerprint density at radius 2 is 2.20 bits per heavy atom. The van der Waals surface area contributed by atoms with Crippen molar-refractivity contribution in [2.45, 2.75) is 11.5 Å². The van der Waals surface area contributed by atoms with Gasteiger partial charge < -0.3 is 19.5 Å². The second kappa shape index (κ2) is 5.99. The van der Waals surface area contributed by atoms with Gasteiger partial charge in [-0.2, -0.15) is 0 Å². The highest BCUT2D eigenvalue weighted by Gasteiger charge is 2.26. The van der Waals surface area contributed by atoms with E-state index < -0.39 is 0 Å². The van der Waals surface area contributed by atoms with E-state index in [9.17, 15) is 4.79 Å². The van der Waals surface area contributed by atoms with E-state index >= 15 is 0 Å². The third-order valence-electron chi connectivity index (χ3n) is 3.38. The van der Waals surface area contributed by atoms with Crippen LogP contribution < -0.4 is 10.1 Å². The van der Waals surface area contributed by atoms with Crippen LogP contribution in [-0.4, -0.2) is 45.0 Å². The predicted octanol–water partition coefficient (Wildman–Crippen LogP) is 1.50. The van der Waals surface area contributed by atoms with Crippen molar-refractivity contribution >= 4 is 17.5 Å². The molecule has 20 heavy (non-hydrogen) atoms. The molecule has 1 fully saturated rings. The van der Waals surface area contributed by atoms with Gasteiger partial charge in [-0.1, -0.05) is 6.07 Å². The standard InChI is InChI=1S/C14H16ClNO4/c15-13(12-8-18-5-6-20-12)9-1-2-11-10(7-9)14(17)16-3-4-19-11/h1-2,7,12-13H,3-6,8H2,(H,16,17). The van der Waals surface area contributed by atoms with Crippen molar-refractivity contribution < 1.29 is 19.0 Å². The Hall–Kier alpha value is -1.30. The lowest BCUT2D eigenvalue weighted by molar-refractivity contribution is -0.0892. The van der Waals surface area contributed by atoms with E-state index in [0.29, 0.717) is 44.3 Å². The van der Waals surface area contributed by atoms with E-state index in [2.05, 4.69) is 5.32 Å². The molecule has 0 bridgehead atoms. The molecule has 1 aromatic carbocycles. The average molecular weight is 298 g/mol. The second-order valence-electron chi connectivity index (χ2n) is 4.75. The maximum atomic E-state index is 12.0. The molecule has 0 saturated carbocycles. The minimum absolute atomic E-state index is 0.135. The van der Waals surface area contributed by atoms with Gasteiger partial charge in [-0.3, -0.25) is 4.79 Å². The zero-order valence-corrected chi connectivity index (χ0v) is 11.7. The largest absolute Gasteiger partial charge is 0.491 e. The Balaban J connectivity index is 1.85. The molecule has 1 amide bonds. The van der Waals surface area contributed by atoms with E-state index in [0.717, 1.165) is 5.56 Å². The minimum Gasteiger partial charge on any atom is -0.491 e. The van der Waals surface area contributed by atoms with Gasteiger partial charge in [0.2, 0.25) is 0 Å². The van der Waals surface area contributed by atoms with Crippen molar-refractivity contribution in [3.63, 3.8) is 0 Å². The number of hydrogen-bond donors (Lipinski definition) is 1. The number of hydrogen-bond acceptors (Lipinski definition) is 4. The quantitative estimate of drug-likeness (QED) is 0.841. The van der Waals surface area contributed by atoms with Gasteiger partial charge in [0, 0.05) is 0 Å². The average Bonchev–Trinajstić information content (AvgIpc) is 2.69. The van der Waals surface area contributed by atoms with Crippen molar-refractivity contribution in [1.29, 1.82) is 0 Å². The van der Waals surface area contributed by atoms with E-state index in [1.54, 1.807) is 12.1 Å². The number of fused-ring (bicyclic) bond motifs is 1. The Labute approximate surface area is 122 Å². The minimum atomic E-state index is -0.350. The summed E-state index contributed by atoms with van der Waals surface area (Å²) in [6, 6.07) is 5.42. The summed E-state index contributed by atoms with van der Waals surface area (Å²) in [6.45, 7) is 2.59. The van der Waals surface area contributed by atoms with E-state index in [-0.39, 0.29) is 17.4 Å². The first-order valence-corrected chi connectivity index (χ1v) is 7.08. The zero-order chi connectivity index (χ0) is 13.9. The summed E-state index contributed by atoms with van der Waals surface area (Å²) in [5.74, 6) is 0.456. The van der Waals surface area contributed by atoms with Crippen LogP contribution in [0.1, 0.15) is 21.3 Å². The first-order valence-electron chi connectivity index (χ1n) is 6.64. The Morgan fingerprint density at radius 3 is 3.00 bits per heavy atom. The van der Waals surface area contributed by atoms with Gasteiger partial charge in [0.1, 0.15) is 18.5 Å². The third kappa shape index (κ3) is 2.75. The van der Waals surface area contributed by atoms with E-state index in [1.807, 2.05) is 6.07 Å². The third-order valence-corrected chi connectivity index (χ3v) is 3.91. The van der Waals surface area contributed by atoms with Crippen LogP contribution in [0.5, 0.6) is 5.75 Å². The topological polar surface area (TPSA) is 56.8 Å². The highest BCUT2D eigenvalue weighted by Crippen LogP contribution is 2.31. The summed E-state index contributed by atoms with van der Waals surface area (Å²) in [4.78, 5) is 12.0. The number of rotatable bonds is 2. The zero-order valence-electron chi connectivity index (χ0n) is 10.9. The van der Waals surface area contributed by atoms with Gasteiger partial charge in [0.05, 0.1) is 37.3 Å². The number of carbonyl (C=O) groups excluding carboxylic acids is 1. The molecule has 0 aliphatic carbocycles. The molecule has 1 saturated heterocycles. The van der Waals surface area contributed by atoms with E-state index in [1.165, 1.54) is 0 Å². The van der Waals surface area contributed by atoms with Gasteiger partial charge in [-0.25, -0.2) is 0 Å². The number of benzene rings is 1. The SMILES string of the molecule is O=C1NCCOc2ccc(C(Cl)C3COCCO3)cc21. The normalized spacial score (nSPS) is 24.1. The number of amides is 1. The van der Waals surface area contributed by atoms with Gasteiger partial charge in [-0.15, -0.1) is 11.6 Å². The number of nitrogens with one attached hydrogen (secondary N) is 1. The van der Waals surface area contributed by atoms with Crippen molar-refractivity contribution in [2.24, 2.45) is 0 Å². The fraction of sp³-hybridized carbons (Fsp3) is 0.500. The highest BCUT2D eigenvalue weighted by molar-refractivity contribution is 6.21. The van der Waals surface area contributed by atoms with Gasteiger partial charge in [0.15, 0.2) is 0 Å². The van der Waals surface area contributed by atoms with Crippen molar-refractivity contribution in [3.05, 3.63) is 29.3 Å². The van der Waals surface area contributed by atoms with E-state index in [4.69, 9.17) is 25.8 Å². The molecule has 1 aromatic rings. The molecule has 0 aromatic heterocycles. The molecule has 108 valence electrons. The van der Waals surface area contributed by atoms with Gasteiger partial charge in [0.25, 0.3) is 5.91 Å². The Kier molecular flexibility index (Phi) is 4.10. The molecule has 3 rings (SSSR count). The summed E-state index contributed by atoms with van der Waals surface area (Å²) in [6.07, 6.45) is -0.196. The van der Waals surface area contributed by atoms with Crippen LogP contribution in [0.25, 0.3) is 0 Å². The first-order chi connectivity index (χ1) is 9.75. The molecule has 5 nitrogen and oxygen atoms in total. The Morgan fingerprint density at radius 1 is 1.30 bits per heavy atom. The number of alkyl halides is 1. The molecule has 0 radical (unpaired) electrons. The van der Waals surface area contributed by atoms with Crippen LogP contribution in [0.4, 0.5) is 0 Å². The molecular weight excluding hydrogens is 282 g/mol. The van der Waals surface area contributed by atoms with Crippen LogP contribution in [0, 0.1) is 0 Å². The highest BCUT2D eigenvalue weighted by atomic mass is 35.5. The molecule has 2 atom stereocenters. The second-order valence-corrected chi connectivity index (χ2v) is 5.22. The lowest BCUT2D eigenvalue weighted by atomic mass is 10.0. The van der Waals surface area contributed by atoms with Gasteiger partial charge >= 0.3 is 0 Å². The maximum absolute atomic E-state index is 12.0. The van der Waals surface area contributed by atoms with Gasteiger partial charge in [-0.05, 0) is 17.7 Å². The number of carbonyl (C=O) groups is 1. The van der Waals surface area contributed by atoms with Crippen LogP contribution >= 0.6 is 11.6 Å². The number of halogens is 1. The van der Waals surface area contributed by atoms with Crippen molar-refractivity contribution in [3.8, 4) is 5.75 Å². The van der Waals surface area contributed by atoms with Crippen LogP contribution in [-0.2, 0) is 9.47 Å². The monoisotopic (exact) mass is 297 g/mol. The van der Waals surface area contributed by atoms with Crippen LogP contribution in [0.15, 0.2) is 18.2 Å². The van der Waals surface area contributed by atoms with Crippen LogP contribution in [0.3, 0.4) is 0 Å². The summed E-state index contributed by atoms with van der Waals surface area (Å²) in [5.41, 5.74) is 1.35. The number of ether oxygens (including phenoxy) is 3. The molecule has 6 heteroatoms. The molecule has 2 aliphatic rings. The Bertz CT molecular complexity index is 502. The fourth-order valence-corrected chi connectivity index (χ4v) is 2.61. The van der Waals surface area contributed by atoms with Crippen molar-refractivity contribution in [1.82, 2.24) is 5.32 Å². The molecule has 2 unspecified atom stereocenters. The smallest absolute Gasteiger partial charge is 0.255 e. The summed E-state index contributed by atoms with van der Waals surface area (Å²) >= 11 is 6.44. The first kappa shape index (κ1) is 13.7. The predicted molar refractivity (Wildman–Crippen MR) is 73.4 cm³/mol. The van der Waals surface area contributed by atoms with Crippen molar-refractivity contribution in [2.75, 3.05) is 33.0 Å². The molecule has 1 N–H and O–H groups in total.